The normalized spacial score (nSPS) is 11.3. The minimum Gasteiger partial charge on any atom is -0.497 e. The molecule has 20 heavy (non-hydrogen) atoms. The van der Waals surface area contributed by atoms with Gasteiger partial charge >= 0.3 is 0 Å². The van der Waals surface area contributed by atoms with Gasteiger partial charge in [-0.3, -0.25) is 0 Å². The number of rotatable bonds is 5. The van der Waals surface area contributed by atoms with E-state index in [2.05, 4.69) is 4.72 Å². The molecule has 6 heteroatoms. The van der Waals surface area contributed by atoms with E-state index in [0.29, 0.717) is 11.3 Å². The number of ether oxygens (including phenoxy) is 1. The van der Waals surface area contributed by atoms with Crippen LogP contribution >= 0.6 is 0 Å². The molecular formula is C14H14FNO3S. The van der Waals surface area contributed by atoms with Crippen molar-refractivity contribution in [2.75, 3.05) is 7.11 Å². The standard InChI is InChI=1S/C14H14FNO3S/c1-19-13-5-7-14(8-6-13)20(17,18)16-10-11-3-2-4-12(15)9-11/h2-9,16H,10H2,1H3. The molecule has 0 aliphatic carbocycles. The summed E-state index contributed by atoms with van der Waals surface area (Å²) in [5.41, 5.74) is 0.557. The lowest BCUT2D eigenvalue weighted by molar-refractivity contribution is 0.414. The third kappa shape index (κ3) is 3.55. The lowest BCUT2D eigenvalue weighted by Gasteiger charge is -2.07. The van der Waals surface area contributed by atoms with E-state index in [1.54, 1.807) is 18.2 Å². The predicted molar refractivity (Wildman–Crippen MR) is 73.4 cm³/mol. The van der Waals surface area contributed by atoms with E-state index in [1.807, 2.05) is 0 Å². The maximum Gasteiger partial charge on any atom is 0.240 e. The zero-order chi connectivity index (χ0) is 14.6. The average Bonchev–Trinajstić information content (AvgIpc) is 2.45. The highest BCUT2D eigenvalue weighted by Crippen LogP contribution is 2.15. The minimum atomic E-state index is -3.62. The van der Waals surface area contributed by atoms with Crippen LogP contribution in [0, 0.1) is 5.82 Å². The van der Waals surface area contributed by atoms with E-state index in [0.717, 1.165) is 0 Å². The summed E-state index contributed by atoms with van der Waals surface area (Å²) in [6.45, 7) is 0.0339. The second-order valence-electron chi connectivity index (χ2n) is 4.13. The molecule has 0 aliphatic rings. The number of hydrogen-bond acceptors (Lipinski definition) is 3. The van der Waals surface area contributed by atoms with Gasteiger partial charge in [0.2, 0.25) is 10.0 Å². The Hall–Kier alpha value is -1.92. The van der Waals surface area contributed by atoms with Crippen molar-refractivity contribution in [2.45, 2.75) is 11.4 Å². The SMILES string of the molecule is COc1ccc(S(=O)(=O)NCc2cccc(F)c2)cc1. The van der Waals surface area contributed by atoms with Gasteiger partial charge in [-0.15, -0.1) is 0 Å². The van der Waals surface area contributed by atoms with Gasteiger partial charge in [-0.2, -0.15) is 0 Å². The van der Waals surface area contributed by atoms with Crippen LogP contribution in [0.3, 0.4) is 0 Å². The van der Waals surface area contributed by atoms with Gasteiger partial charge in [-0.25, -0.2) is 17.5 Å². The van der Waals surface area contributed by atoms with Crippen molar-refractivity contribution in [3.05, 3.63) is 59.9 Å². The van der Waals surface area contributed by atoms with Gasteiger partial charge in [0, 0.05) is 6.54 Å². The molecule has 0 atom stereocenters. The molecule has 2 rings (SSSR count). The van der Waals surface area contributed by atoms with Crippen LogP contribution in [0.1, 0.15) is 5.56 Å². The quantitative estimate of drug-likeness (QED) is 0.921. The monoisotopic (exact) mass is 295 g/mol. The summed E-state index contributed by atoms with van der Waals surface area (Å²) in [6, 6.07) is 11.8. The first-order valence-corrected chi connectivity index (χ1v) is 7.38. The number of nitrogens with one attached hydrogen (secondary N) is 1. The van der Waals surface area contributed by atoms with Crippen molar-refractivity contribution < 1.29 is 17.5 Å². The lowest BCUT2D eigenvalue weighted by atomic mass is 10.2. The third-order valence-electron chi connectivity index (χ3n) is 2.73. The maximum absolute atomic E-state index is 13.0. The van der Waals surface area contributed by atoms with Gasteiger partial charge in [0.15, 0.2) is 0 Å². The molecule has 0 amide bonds. The van der Waals surface area contributed by atoms with Crippen LogP contribution in [0.15, 0.2) is 53.4 Å². The van der Waals surface area contributed by atoms with Crippen molar-refractivity contribution >= 4 is 10.0 Å². The Kier molecular flexibility index (Phi) is 4.36. The molecule has 1 N–H and O–H groups in total. The smallest absolute Gasteiger partial charge is 0.240 e. The summed E-state index contributed by atoms with van der Waals surface area (Å²) in [4.78, 5) is 0.134. The minimum absolute atomic E-state index is 0.0339. The largest absolute Gasteiger partial charge is 0.497 e. The van der Waals surface area contributed by atoms with Crippen LogP contribution in [0.4, 0.5) is 4.39 Å². The van der Waals surface area contributed by atoms with E-state index >= 15 is 0 Å². The summed E-state index contributed by atoms with van der Waals surface area (Å²) in [5.74, 6) is 0.181. The maximum atomic E-state index is 13.0. The Balaban J connectivity index is 2.10. The van der Waals surface area contributed by atoms with Gasteiger partial charge in [-0.1, -0.05) is 12.1 Å². The molecule has 4 nitrogen and oxygen atoms in total. The Bertz CT molecular complexity index is 684. The highest BCUT2D eigenvalue weighted by molar-refractivity contribution is 7.89. The molecule has 0 aromatic heterocycles. The summed E-state index contributed by atoms with van der Waals surface area (Å²) < 4.78 is 44.5. The van der Waals surface area contributed by atoms with Gasteiger partial charge in [-0.05, 0) is 42.0 Å². The molecular weight excluding hydrogens is 281 g/mol. The van der Waals surface area contributed by atoms with Crippen molar-refractivity contribution in [1.29, 1.82) is 0 Å². The number of hydrogen-bond donors (Lipinski definition) is 1. The predicted octanol–water partition coefficient (Wildman–Crippen LogP) is 2.31. The molecule has 0 radical (unpaired) electrons. The molecule has 0 spiro atoms. The second kappa shape index (κ2) is 6.02. The third-order valence-corrected chi connectivity index (χ3v) is 4.14. The Morgan fingerprint density at radius 1 is 1.15 bits per heavy atom. The van der Waals surface area contributed by atoms with Crippen molar-refractivity contribution in [2.24, 2.45) is 0 Å². The van der Waals surface area contributed by atoms with Gasteiger partial charge in [0.05, 0.1) is 12.0 Å². The number of methoxy groups -OCH3 is 1. The van der Waals surface area contributed by atoms with Crippen LogP contribution in [0.25, 0.3) is 0 Å². The first kappa shape index (κ1) is 14.5. The van der Waals surface area contributed by atoms with Crippen LogP contribution in [-0.2, 0) is 16.6 Å². The molecule has 0 heterocycles. The molecule has 0 fully saturated rings. The van der Waals surface area contributed by atoms with Crippen molar-refractivity contribution in [1.82, 2.24) is 4.72 Å². The first-order chi connectivity index (χ1) is 9.51. The van der Waals surface area contributed by atoms with Crippen molar-refractivity contribution in [3.8, 4) is 5.75 Å². The van der Waals surface area contributed by atoms with Crippen molar-refractivity contribution in [3.63, 3.8) is 0 Å². The fourth-order valence-electron chi connectivity index (χ4n) is 1.66. The topological polar surface area (TPSA) is 55.4 Å². The first-order valence-electron chi connectivity index (χ1n) is 5.89. The number of halogens is 1. The van der Waals surface area contributed by atoms with Crippen LogP contribution in [0.2, 0.25) is 0 Å². The highest BCUT2D eigenvalue weighted by atomic mass is 32.2. The molecule has 0 aliphatic heterocycles. The van der Waals surface area contributed by atoms with E-state index in [-0.39, 0.29) is 11.4 Å². The van der Waals surface area contributed by atoms with Crippen LogP contribution in [-0.4, -0.2) is 15.5 Å². The fraction of sp³-hybridized carbons (Fsp3) is 0.143. The molecule has 106 valence electrons. The summed E-state index contributed by atoms with van der Waals surface area (Å²) in [7, 11) is -2.12. The fourth-order valence-corrected chi connectivity index (χ4v) is 2.68. The van der Waals surface area contributed by atoms with E-state index in [9.17, 15) is 12.8 Å². The lowest BCUT2D eigenvalue weighted by Crippen LogP contribution is -2.23. The van der Waals surface area contributed by atoms with Gasteiger partial charge in [0.1, 0.15) is 11.6 Å². The average molecular weight is 295 g/mol. The molecule has 0 saturated heterocycles. The summed E-state index contributed by atoms with van der Waals surface area (Å²) >= 11 is 0. The summed E-state index contributed by atoms with van der Waals surface area (Å²) in [5, 5.41) is 0. The molecule has 2 aromatic carbocycles. The molecule has 0 saturated carbocycles. The van der Waals surface area contributed by atoms with E-state index < -0.39 is 15.8 Å². The van der Waals surface area contributed by atoms with Gasteiger partial charge < -0.3 is 4.74 Å². The zero-order valence-electron chi connectivity index (χ0n) is 10.8. The van der Waals surface area contributed by atoms with E-state index in [4.69, 9.17) is 4.74 Å². The Morgan fingerprint density at radius 3 is 2.45 bits per heavy atom. The zero-order valence-corrected chi connectivity index (χ0v) is 11.7. The second-order valence-corrected chi connectivity index (χ2v) is 5.90. The number of benzene rings is 2. The van der Waals surface area contributed by atoms with Crippen LogP contribution < -0.4 is 9.46 Å². The number of sulfonamides is 1. The molecule has 0 bridgehead atoms. The Labute approximate surface area is 117 Å². The highest BCUT2D eigenvalue weighted by Gasteiger charge is 2.13. The summed E-state index contributed by atoms with van der Waals surface area (Å²) in [6.07, 6.45) is 0. The van der Waals surface area contributed by atoms with Gasteiger partial charge in [0.25, 0.3) is 0 Å². The van der Waals surface area contributed by atoms with Crippen LogP contribution in [0.5, 0.6) is 5.75 Å². The molecule has 2 aromatic rings. The van der Waals surface area contributed by atoms with E-state index in [1.165, 1.54) is 37.4 Å². The molecule has 0 unspecified atom stereocenters. The Morgan fingerprint density at radius 2 is 1.85 bits per heavy atom.